The van der Waals surface area contributed by atoms with E-state index in [1.807, 2.05) is 25.8 Å². The first-order valence-corrected chi connectivity index (χ1v) is 5.69. The molecule has 0 saturated heterocycles. The van der Waals surface area contributed by atoms with Gasteiger partial charge in [0.15, 0.2) is 5.96 Å². The Morgan fingerprint density at radius 2 is 2.19 bits per heavy atom. The monoisotopic (exact) mass is 243 g/mol. The van der Waals surface area contributed by atoms with Crippen LogP contribution in [0.25, 0.3) is 0 Å². The topological polar surface area (TPSA) is 59.4 Å². The molecule has 0 saturated carbocycles. The van der Waals surface area contributed by atoms with Crippen molar-refractivity contribution in [2.75, 3.05) is 13.1 Å². The van der Waals surface area contributed by atoms with Gasteiger partial charge in [-0.05, 0) is 13.8 Å². The molecule has 16 heavy (non-hydrogen) atoms. The second-order valence-corrected chi connectivity index (χ2v) is 3.85. The van der Waals surface area contributed by atoms with Crippen LogP contribution in [0.5, 0.6) is 0 Å². The van der Waals surface area contributed by atoms with Gasteiger partial charge < -0.3 is 10.6 Å². The van der Waals surface area contributed by atoms with E-state index in [1.54, 1.807) is 10.9 Å². The largest absolute Gasteiger partial charge is 0.370 e. The molecule has 1 heterocycles. The molecule has 0 spiro atoms. The average molecular weight is 244 g/mol. The van der Waals surface area contributed by atoms with Gasteiger partial charge in [0.05, 0.1) is 11.6 Å². The molecule has 1 rings (SSSR count). The Hall–Kier alpha value is -1.23. The maximum absolute atomic E-state index is 5.97. The standard InChI is InChI=1S/C10H18ClN5/c1-4-16(5-2)10(12)13-6-9-8(11)7-15(3)14-9/h7H,4-6H2,1-3H3,(H2,12,13). The molecule has 2 N–H and O–H groups in total. The van der Waals surface area contributed by atoms with E-state index in [4.69, 9.17) is 17.3 Å². The van der Waals surface area contributed by atoms with Gasteiger partial charge in [-0.15, -0.1) is 0 Å². The van der Waals surface area contributed by atoms with Crippen LogP contribution in [0, 0.1) is 0 Å². The van der Waals surface area contributed by atoms with Crippen molar-refractivity contribution in [3.8, 4) is 0 Å². The smallest absolute Gasteiger partial charge is 0.191 e. The molecule has 6 heteroatoms. The Morgan fingerprint density at radius 3 is 2.62 bits per heavy atom. The minimum absolute atomic E-state index is 0.419. The number of hydrogen-bond acceptors (Lipinski definition) is 2. The average Bonchev–Trinajstić information content (AvgIpc) is 2.56. The number of rotatable bonds is 4. The zero-order chi connectivity index (χ0) is 12.1. The normalized spacial score (nSPS) is 11.9. The molecule has 0 radical (unpaired) electrons. The van der Waals surface area contributed by atoms with Crippen molar-refractivity contribution in [2.45, 2.75) is 20.4 Å². The number of aliphatic imine (C=N–C) groups is 1. The second-order valence-electron chi connectivity index (χ2n) is 3.44. The van der Waals surface area contributed by atoms with E-state index < -0.39 is 0 Å². The van der Waals surface area contributed by atoms with Gasteiger partial charge in [0, 0.05) is 26.3 Å². The SMILES string of the molecule is CCN(CC)C(N)=NCc1nn(C)cc1Cl. The number of hydrogen-bond donors (Lipinski definition) is 1. The van der Waals surface area contributed by atoms with Crippen LogP contribution < -0.4 is 5.73 Å². The summed E-state index contributed by atoms with van der Waals surface area (Å²) in [6, 6.07) is 0. The number of halogens is 1. The minimum atomic E-state index is 0.419. The Labute approximate surface area is 101 Å². The molecular formula is C10H18ClN5. The van der Waals surface area contributed by atoms with Crippen LogP contribution in [-0.2, 0) is 13.6 Å². The summed E-state index contributed by atoms with van der Waals surface area (Å²) in [6.07, 6.45) is 1.75. The van der Waals surface area contributed by atoms with Crippen LogP contribution in [0.1, 0.15) is 19.5 Å². The summed E-state index contributed by atoms with van der Waals surface area (Å²) in [5.41, 5.74) is 6.59. The molecule has 0 bridgehead atoms. The molecule has 1 aromatic heterocycles. The number of nitrogens with zero attached hydrogens (tertiary/aromatic N) is 4. The van der Waals surface area contributed by atoms with Crippen molar-refractivity contribution in [1.82, 2.24) is 14.7 Å². The van der Waals surface area contributed by atoms with E-state index in [-0.39, 0.29) is 0 Å². The van der Waals surface area contributed by atoms with Crippen molar-refractivity contribution >= 4 is 17.6 Å². The van der Waals surface area contributed by atoms with E-state index >= 15 is 0 Å². The van der Waals surface area contributed by atoms with Crippen LogP contribution in [0.3, 0.4) is 0 Å². The van der Waals surface area contributed by atoms with E-state index in [0.717, 1.165) is 18.8 Å². The Kier molecular flexibility index (Phi) is 4.61. The molecule has 0 aromatic carbocycles. The molecule has 0 unspecified atom stereocenters. The van der Waals surface area contributed by atoms with Gasteiger partial charge >= 0.3 is 0 Å². The van der Waals surface area contributed by atoms with Crippen molar-refractivity contribution in [3.63, 3.8) is 0 Å². The maximum atomic E-state index is 5.97. The Morgan fingerprint density at radius 1 is 1.56 bits per heavy atom. The number of nitrogens with two attached hydrogens (primary N) is 1. The van der Waals surface area contributed by atoms with Crippen molar-refractivity contribution in [2.24, 2.45) is 17.8 Å². The fourth-order valence-electron chi connectivity index (χ4n) is 1.42. The van der Waals surface area contributed by atoms with Gasteiger partial charge in [0.2, 0.25) is 0 Å². The van der Waals surface area contributed by atoms with E-state index in [1.165, 1.54) is 0 Å². The zero-order valence-corrected chi connectivity index (χ0v) is 10.7. The lowest BCUT2D eigenvalue weighted by molar-refractivity contribution is 0.458. The lowest BCUT2D eigenvalue weighted by Gasteiger charge is -2.19. The first-order valence-electron chi connectivity index (χ1n) is 5.31. The fourth-order valence-corrected chi connectivity index (χ4v) is 1.66. The Balaban J connectivity index is 2.68. The summed E-state index contributed by atoms with van der Waals surface area (Å²) in [6.45, 7) is 6.20. The van der Waals surface area contributed by atoms with Gasteiger partial charge in [-0.2, -0.15) is 5.10 Å². The van der Waals surface area contributed by atoms with E-state index in [0.29, 0.717) is 17.5 Å². The molecule has 5 nitrogen and oxygen atoms in total. The summed E-state index contributed by atoms with van der Waals surface area (Å²) >= 11 is 5.97. The molecule has 0 atom stereocenters. The van der Waals surface area contributed by atoms with Crippen molar-refractivity contribution in [3.05, 3.63) is 16.9 Å². The molecule has 0 aliphatic rings. The summed E-state index contributed by atoms with van der Waals surface area (Å²) in [7, 11) is 1.83. The zero-order valence-electron chi connectivity index (χ0n) is 9.94. The molecule has 1 aromatic rings. The van der Waals surface area contributed by atoms with Crippen LogP contribution in [-0.4, -0.2) is 33.7 Å². The predicted molar refractivity (Wildman–Crippen MR) is 66.5 cm³/mol. The molecule has 0 fully saturated rings. The number of aryl methyl sites for hydroxylation is 1. The first-order chi connectivity index (χ1) is 7.58. The first kappa shape index (κ1) is 12.8. The van der Waals surface area contributed by atoms with Crippen LogP contribution >= 0.6 is 11.6 Å². The highest BCUT2D eigenvalue weighted by Gasteiger charge is 2.06. The van der Waals surface area contributed by atoms with Crippen LogP contribution in [0.15, 0.2) is 11.2 Å². The number of guanidine groups is 1. The third-order valence-electron chi connectivity index (χ3n) is 2.33. The lowest BCUT2D eigenvalue weighted by atomic mass is 10.4. The van der Waals surface area contributed by atoms with Crippen molar-refractivity contribution in [1.29, 1.82) is 0 Å². The minimum Gasteiger partial charge on any atom is -0.370 e. The molecule has 0 aliphatic carbocycles. The van der Waals surface area contributed by atoms with Crippen LogP contribution in [0.4, 0.5) is 0 Å². The summed E-state index contributed by atoms with van der Waals surface area (Å²) in [5.74, 6) is 0.534. The highest BCUT2D eigenvalue weighted by molar-refractivity contribution is 6.31. The fraction of sp³-hybridized carbons (Fsp3) is 0.600. The van der Waals surface area contributed by atoms with Crippen LogP contribution in [0.2, 0.25) is 5.02 Å². The van der Waals surface area contributed by atoms with Gasteiger partial charge in [-0.3, -0.25) is 4.68 Å². The molecule has 0 aliphatic heterocycles. The third-order valence-corrected chi connectivity index (χ3v) is 2.65. The maximum Gasteiger partial charge on any atom is 0.191 e. The van der Waals surface area contributed by atoms with E-state index in [2.05, 4.69) is 10.1 Å². The molecular weight excluding hydrogens is 226 g/mol. The van der Waals surface area contributed by atoms with Gasteiger partial charge in [-0.1, -0.05) is 11.6 Å². The summed E-state index contributed by atoms with van der Waals surface area (Å²) < 4.78 is 1.67. The third kappa shape index (κ3) is 3.13. The predicted octanol–water partition coefficient (Wildman–Crippen LogP) is 1.23. The quantitative estimate of drug-likeness (QED) is 0.639. The van der Waals surface area contributed by atoms with E-state index in [9.17, 15) is 0 Å². The highest BCUT2D eigenvalue weighted by Crippen LogP contribution is 2.13. The molecule has 90 valence electrons. The summed E-state index contributed by atoms with van der Waals surface area (Å²) in [5, 5.41) is 4.82. The molecule has 0 amide bonds. The highest BCUT2D eigenvalue weighted by atomic mass is 35.5. The number of aromatic nitrogens is 2. The lowest BCUT2D eigenvalue weighted by Crippen LogP contribution is -2.37. The van der Waals surface area contributed by atoms with Gasteiger partial charge in [0.25, 0.3) is 0 Å². The second kappa shape index (κ2) is 5.75. The van der Waals surface area contributed by atoms with Crippen molar-refractivity contribution < 1.29 is 0 Å². The van der Waals surface area contributed by atoms with Gasteiger partial charge in [0.1, 0.15) is 5.69 Å². The summed E-state index contributed by atoms with van der Waals surface area (Å²) in [4.78, 5) is 6.25. The van der Waals surface area contributed by atoms with Gasteiger partial charge in [-0.25, -0.2) is 4.99 Å². The Bertz CT molecular complexity index is 367.